The summed E-state index contributed by atoms with van der Waals surface area (Å²) in [5.41, 5.74) is 14.0. The van der Waals surface area contributed by atoms with Crippen LogP contribution in [0.5, 0.6) is 0 Å². The zero-order valence-electron chi connectivity index (χ0n) is 30.2. The summed E-state index contributed by atoms with van der Waals surface area (Å²) in [4.78, 5) is 2.51. The monoisotopic (exact) mass is 700 g/mol. The molecule has 0 radical (unpaired) electrons. The van der Waals surface area contributed by atoms with Crippen LogP contribution in [0.25, 0.3) is 49.4 Å². The van der Waals surface area contributed by atoms with E-state index in [1.807, 2.05) is 0 Å². The van der Waals surface area contributed by atoms with Crippen molar-refractivity contribution in [3.63, 3.8) is 0 Å². The average Bonchev–Trinajstić information content (AvgIpc) is 3.76. The van der Waals surface area contributed by atoms with Crippen LogP contribution in [0.3, 0.4) is 0 Å². The molecule has 0 unspecified atom stereocenters. The second-order valence-corrected chi connectivity index (χ2v) is 14.5. The maximum Gasteiger partial charge on any atom is 0.0782 e. The standard InChI is InChI=1S/C53H36N2/c1-4-20-38(21-5-1)53(39-22-6-2-7-23-39)47-30-14-12-27-43(47)44-35-34-41(36-48(44)53)54(49-32-16-19-37-18-10-11-26-42(37)49)51-33-17-29-46-45-28-13-15-31-50(45)55(52(46)51)40-24-8-3-9-25-40/h1-36H. The minimum absolute atomic E-state index is 0.514. The maximum absolute atomic E-state index is 2.51. The smallest absolute Gasteiger partial charge is 0.0782 e. The summed E-state index contributed by atoms with van der Waals surface area (Å²) in [6.45, 7) is 0. The van der Waals surface area contributed by atoms with E-state index in [9.17, 15) is 0 Å². The van der Waals surface area contributed by atoms with Crippen LogP contribution >= 0.6 is 0 Å². The van der Waals surface area contributed by atoms with Crippen molar-refractivity contribution in [3.8, 4) is 16.8 Å². The molecule has 0 N–H and O–H groups in total. The molecule has 55 heavy (non-hydrogen) atoms. The van der Waals surface area contributed by atoms with E-state index >= 15 is 0 Å². The number of aromatic nitrogens is 1. The van der Waals surface area contributed by atoms with Crippen LogP contribution in [0.15, 0.2) is 218 Å². The summed E-state index contributed by atoms with van der Waals surface area (Å²) in [5.74, 6) is 0. The third kappa shape index (κ3) is 4.62. The Bertz CT molecular complexity index is 2990. The van der Waals surface area contributed by atoms with E-state index in [4.69, 9.17) is 0 Å². The van der Waals surface area contributed by atoms with Crippen molar-refractivity contribution >= 4 is 49.6 Å². The summed E-state index contributed by atoms with van der Waals surface area (Å²) in [6, 6.07) is 80.1. The Morgan fingerprint density at radius 2 is 0.945 bits per heavy atom. The van der Waals surface area contributed by atoms with Crippen LogP contribution < -0.4 is 4.90 Å². The largest absolute Gasteiger partial charge is 0.308 e. The molecule has 1 heterocycles. The number of para-hydroxylation sites is 3. The number of fused-ring (bicyclic) bond motifs is 7. The molecular weight excluding hydrogens is 665 g/mol. The SMILES string of the molecule is c1ccc(-n2c3ccccc3c3cccc(N(c4ccc5c(c4)C(c4ccccc4)(c4ccccc4)c4ccccc4-5)c4cccc5ccccc45)c32)cc1. The first-order valence-corrected chi connectivity index (χ1v) is 19.0. The van der Waals surface area contributed by atoms with Gasteiger partial charge in [0.1, 0.15) is 0 Å². The Kier molecular flexibility index (Phi) is 7.11. The van der Waals surface area contributed by atoms with Gasteiger partial charge in [-0.15, -0.1) is 0 Å². The Balaban J connectivity index is 1.27. The van der Waals surface area contributed by atoms with Crippen molar-refractivity contribution in [2.45, 2.75) is 5.41 Å². The van der Waals surface area contributed by atoms with Gasteiger partial charge in [0.2, 0.25) is 0 Å². The van der Waals surface area contributed by atoms with Gasteiger partial charge in [0.05, 0.1) is 27.8 Å². The highest BCUT2D eigenvalue weighted by Crippen LogP contribution is 2.57. The lowest BCUT2D eigenvalue weighted by Gasteiger charge is -2.35. The number of hydrogen-bond acceptors (Lipinski definition) is 1. The van der Waals surface area contributed by atoms with Gasteiger partial charge in [-0.05, 0) is 81.2 Å². The van der Waals surface area contributed by atoms with Crippen molar-refractivity contribution in [3.05, 3.63) is 241 Å². The van der Waals surface area contributed by atoms with Crippen molar-refractivity contribution in [2.75, 3.05) is 4.90 Å². The molecule has 258 valence electrons. The van der Waals surface area contributed by atoms with Crippen LogP contribution in [0, 0.1) is 0 Å². The molecule has 11 rings (SSSR count). The molecule has 1 aliphatic carbocycles. The van der Waals surface area contributed by atoms with Crippen LogP contribution in [0.2, 0.25) is 0 Å². The summed E-state index contributed by atoms with van der Waals surface area (Å²) in [7, 11) is 0. The zero-order chi connectivity index (χ0) is 36.3. The van der Waals surface area contributed by atoms with E-state index in [0.29, 0.717) is 0 Å². The van der Waals surface area contributed by atoms with Crippen LogP contribution in [-0.2, 0) is 5.41 Å². The molecule has 2 heteroatoms. The van der Waals surface area contributed by atoms with Gasteiger partial charge < -0.3 is 9.47 Å². The fourth-order valence-corrected chi connectivity index (χ4v) is 9.41. The van der Waals surface area contributed by atoms with Crippen LogP contribution in [-0.4, -0.2) is 4.57 Å². The lowest BCUT2D eigenvalue weighted by atomic mass is 9.67. The normalized spacial score (nSPS) is 12.9. The highest BCUT2D eigenvalue weighted by atomic mass is 15.2. The second-order valence-electron chi connectivity index (χ2n) is 14.5. The molecule has 1 aromatic heterocycles. The highest BCUT2D eigenvalue weighted by molar-refractivity contribution is 6.15. The third-order valence-electron chi connectivity index (χ3n) is 11.6. The van der Waals surface area contributed by atoms with Gasteiger partial charge in [0.25, 0.3) is 0 Å². The Morgan fingerprint density at radius 3 is 1.73 bits per heavy atom. The molecule has 0 aliphatic heterocycles. The highest BCUT2D eigenvalue weighted by Gasteiger charge is 2.46. The van der Waals surface area contributed by atoms with Gasteiger partial charge in [-0.3, -0.25) is 0 Å². The van der Waals surface area contributed by atoms with E-state index < -0.39 is 5.41 Å². The van der Waals surface area contributed by atoms with Crippen molar-refractivity contribution in [1.29, 1.82) is 0 Å². The molecule has 2 nitrogen and oxygen atoms in total. The minimum atomic E-state index is -0.514. The first kappa shape index (κ1) is 31.4. The number of nitrogens with zero attached hydrogens (tertiary/aromatic N) is 2. The van der Waals surface area contributed by atoms with E-state index in [2.05, 4.69) is 228 Å². The molecule has 0 saturated heterocycles. The third-order valence-corrected chi connectivity index (χ3v) is 11.6. The van der Waals surface area contributed by atoms with Crippen molar-refractivity contribution in [1.82, 2.24) is 4.57 Å². The van der Waals surface area contributed by atoms with Crippen molar-refractivity contribution in [2.24, 2.45) is 0 Å². The van der Waals surface area contributed by atoms with E-state index in [0.717, 1.165) is 22.7 Å². The fourth-order valence-electron chi connectivity index (χ4n) is 9.41. The van der Waals surface area contributed by atoms with Gasteiger partial charge in [0, 0.05) is 27.5 Å². The summed E-state index contributed by atoms with van der Waals surface area (Å²) >= 11 is 0. The molecule has 0 bridgehead atoms. The maximum atomic E-state index is 2.51. The lowest BCUT2D eigenvalue weighted by Crippen LogP contribution is -2.28. The van der Waals surface area contributed by atoms with Crippen LogP contribution in [0.1, 0.15) is 22.3 Å². The number of hydrogen-bond donors (Lipinski definition) is 0. The van der Waals surface area contributed by atoms with E-state index in [-0.39, 0.29) is 0 Å². The molecule has 10 aromatic rings. The first-order valence-electron chi connectivity index (χ1n) is 19.0. The molecule has 9 aromatic carbocycles. The second kappa shape index (κ2) is 12.5. The molecule has 0 fully saturated rings. The summed E-state index contributed by atoms with van der Waals surface area (Å²) in [6.07, 6.45) is 0. The average molecular weight is 701 g/mol. The van der Waals surface area contributed by atoms with Gasteiger partial charge in [-0.25, -0.2) is 0 Å². The van der Waals surface area contributed by atoms with Crippen LogP contribution in [0.4, 0.5) is 17.1 Å². The number of benzene rings is 9. The summed E-state index contributed by atoms with van der Waals surface area (Å²) in [5, 5.41) is 4.86. The molecule has 1 aliphatic rings. The van der Waals surface area contributed by atoms with E-state index in [1.165, 1.54) is 66.0 Å². The van der Waals surface area contributed by atoms with Crippen molar-refractivity contribution < 1.29 is 0 Å². The summed E-state index contributed by atoms with van der Waals surface area (Å²) < 4.78 is 2.44. The number of rotatable bonds is 6. The predicted molar refractivity (Wildman–Crippen MR) is 230 cm³/mol. The predicted octanol–water partition coefficient (Wildman–Crippen LogP) is 13.8. The van der Waals surface area contributed by atoms with Gasteiger partial charge in [-0.2, -0.15) is 0 Å². The number of anilines is 3. The van der Waals surface area contributed by atoms with Gasteiger partial charge in [0.15, 0.2) is 0 Å². The molecule has 0 atom stereocenters. The Morgan fingerprint density at radius 1 is 0.382 bits per heavy atom. The first-order chi connectivity index (χ1) is 27.3. The zero-order valence-corrected chi connectivity index (χ0v) is 30.2. The van der Waals surface area contributed by atoms with Gasteiger partial charge >= 0.3 is 0 Å². The Labute approximate surface area is 320 Å². The molecule has 0 spiro atoms. The molecule has 0 amide bonds. The Hall–Kier alpha value is -7.16. The lowest BCUT2D eigenvalue weighted by molar-refractivity contribution is 0.768. The topological polar surface area (TPSA) is 8.17 Å². The molecule has 0 saturated carbocycles. The van der Waals surface area contributed by atoms with Gasteiger partial charge in [-0.1, -0.05) is 176 Å². The minimum Gasteiger partial charge on any atom is -0.308 e. The molecular formula is C53H36N2. The fraction of sp³-hybridized carbons (Fsp3) is 0.0189. The van der Waals surface area contributed by atoms with E-state index in [1.54, 1.807) is 0 Å². The quantitative estimate of drug-likeness (QED) is 0.168.